The van der Waals surface area contributed by atoms with E-state index in [9.17, 15) is 9.18 Å². The molecular formula is C10H9FO3S. The number of benzene rings is 1. The molecule has 0 bridgehead atoms. The van der Waals surface area contributed by atoms with Crippen molar-refractivity contribution in [3.05, 3.63) is 34.5 Å². The highest BCUT2D eigenvalue weighted by atomic mass is 32.1. The van der Waals surface area contributed by atoms with E-state index in [1.54, 1.807) is 0 Å². The average molecular weight is 228 g/mol. The molecule has 3 nitrogen and oxygen atoms in total. The number of ether oxygens (including phenoxy) is 1. The Morgan fingerprint density at radius 3 is 2.80 bits per heavy atom. The molecule has 0 saturated carbocycles. The minimum atomic E-state index is -1.21. The number of hydrogen-bond acceptors (Lipinski definition) is 3. The molecule has 1 rings (SSSR count). The van der Waals surface area contributed by atoms with Gasteiger partial charge in [0.15, 0.2) is 0 Å². The van der Waals surface area contributed by atoms with E-state index < -0.39 is 11.8 Å². The molecule has 80 valence electrons. The Balaban J connectivity index is 3.13. The summed E-state index contributed by atoms with van der Waals surface area (Å²) < 4.78 is 18.1. The third-order valence-corrected chi connectivity index (χ3v) is 2.03. The standard InChI is InChI=1S/C10H9FO3S/c1-14-7-2-3-8(11)6(4-7)5-9(15)10(12)13/h2-5,15H,1H3,(H,12,13)/b9-5-. The van der Waals surface area contributed by atoms with Crippen molar-refractivity contribution in [2.24, 2.45) is 0 Å². The molecule has 0 amide bonds. The SMILES string of the molecule is COc1ccc(F)c(/C=C(\S)C(=O)O)c1. The molecule has 0 fully saturated rings. The Labute approximate surface area is 91.6 Å². The highest BCUT2D eigenvalue weighted by Crippen LogP contribution is 2.19. The van der Waals surface area contributed by atoms with E-state index in [2.05, 4.69) is 12.6 Å². The Hall–Kier alpha value is -1.49. The van der Waals surface area contributed by atoms with Gasteiger partial charge >= 0.3 is 5.97 Å². The Bertz CT molecular complexity index is 415. The number of rotatable bonds is 3. The second-order valence-electron chi connectivity index (χ2n) is 2.72. The third-order valence-electron chi connectivity index (χ3n) is 1.71. The molecule has 0 saturated heterocycles. The number of hydrogen-bond donors (Lipinski definition) is 2. The minimum Gasteiger partial charge on any atom is -0.497 e. The van der Waals surface area contributed by atoms with Gasteiger partial charge in [-0.25, -0.2) is 9.18 Å². The van der Waals surface area contributed by atoms with Crippen LogP contribution >= 0.6 is 12.6 Å². The first-order valence-electron chi connectivity index (χ1n) is 4.02. The topological polar surface area (TPSA) is 46.5 Å². The zero-order valence-corrected chi connectivity index (χ0v) is 8.79. The van der Waals surface area contributed by atoms with E-state index in [1.165, 1.54) is 25.3 Å². The molecule has 15 heavy (non-hydrogen) atoms. The zero-order chi connectivity index (χ0) is 11.4. The van der Waals surface area contributed by atoms with Crippen molar-refractivity contribution in [1.29, 1.82) is 0 Å². The molecular weight excluding hydrogens is 219 g/mol. The summed E-state index contributed by atoms with van der Waals surface area (Å²) in [5.41, 5.74) is 0.127. The van der Waals surface area contributed by atoms with Crippen LogP contribution in [-0.4, -0.2) is 18.2 Å². The van der Waals surface area contributed by atoms with E-state index in [-0.39, 0.29) is 10.5 Å². The van der Waals surface area contributed by atoms with Crippen LogP contribution in [0.15, 0.2) is 23.1 Å². The highest BCUT2D eigenvalue weighted by Gasteiger charge is 2.05. The van der Waals surface area contributed by atoms with Crippen LogP contribution in [0, 0.1) is 5.82 Å². The van der Waals surface area contributed by atoms with Crippen molar-refractivity contribution < 1.29 is 19.0 Å². The van der Waals surface area contributed by atoms with Crippen LogP contribution in [0.5, 0.6) is 5.75 Å². The van der Waals surface area contributed by atoms with Crippen molar-refractivity contribution in [3.8, 4) is 5.75 Å². The molecule has 0 radical (unpaired) electrons. The maximum Gasteiger partial charge on any atom is 0.341 e. The van der Waals surface area contributed by atoms with Gasteiger partial charge in [0.25, 0.3) is 0 Å². The zero-order valence-electron chi connectivity index (χ0n) is 7.90. The van der Waals surface area contributed by atoms with E-state index in [1.807, 2.05) is 0 Å². The average Bonchev–Trinajstić information content (AvgIpc) is 2.21. The number of thiol groups is 1. The molecule has 1 aromatic carbocycles. The maximum atomic E-state index is 13.2. The van der Waals surface area contributed by atoms with Gasteiger partial charge in [-0.1, -0.05) is 0 Å². The highest BCUT2D eigenvalue weighted by molar-refractivity contribution is 7.85. The fourth-order valence-corrected chi connectivity index (χ4v) is 1.11. The fraction of sp³-hybridized carbons (Fsp3) is 0.100. The Kier molecular flexibility index (Phi) is 3.74. The van der Waals surface area contributed by atoms with Gasteiger partial charge in [0.1, 0.15) is 11.6 Å². The molecule has 0 heterocycles. The normalized spacial score (nSPS) is 11.3. The Morgan fingerprint density at radius 1 is 1.60 bits per heavy atom. The van der Waals surface area contributed by atoms with Gasteiger partial charge in [-0.05, 0) is 24.3 Å². The Morgan fingerprint density at radius 2 is 2.27 bits per heavy atom. The summed E-state index contributed by atoms with van der Waals surface area (Å²) in [7, 11) is 1.44. The largest absolute Gasteiger partial charge is 0.497 e. The van der Waals surface area contributed by atoms with Crippen molar-refractivity contribution in [3.63, 3.8) is 0 Å². The summed E-state index contributed by atoms with van der Waals surface area (Å²) in [6.45, 7) is 0. The summed E-state index contributed by atoms with van der Waals surface area (Å²) in [6, 6.07) is 4.05. The quantitative estimate of drug-likeness (QED) is 0.615. The van der Waals surface area contributed by atoms with E-state index in [4.69, 9.17) is 9.84 Å². The van der Waals surface area contributed by atoms with Crippen LogP contribution in [0.4, 0.5) is 4.39 Å². The molecule has 0 aliphatic carbocycles. The molecule has 1 aromatic rings. The molecule has 0 spiro atoms. The van der Waals surface area contributed by atoms with E-state index in [0.29, 0.717) is 5.75 Å². The summed E-state index contributed by atoms with van der Waals surface area (Å²) >= 11 is 3.70. The van der Waals surface area contributed by atoms with Gasteiger partial charge in [0.2, 0.25) is 0 Å². The van der Waals surface area contributed by atoms with Gasteiger partial charge in [0, 0.05) is 5.56 Å². The van der Waals surface area contributed by atoms with Crippen LogP contribution in [0.25, 0.3) is 6.08 Å². The van der Waals surface area contributed by atoms with Gasteiger partial charge in [-0.15, -0.1) is 12.6 Å². The lowest BCUT2D eigenvalue weighted by molar-refractivity contribution is -0.131. The van der Waals surface area contributed by atoms with Crippen LogP contribution in [0.1, 0.15) is 5.56 Å². The number of carboxylic acids is 1. The van der Waals surface area contributed by atoms with E-state index >= 15 is 0 Å². The molecule has 0 aromatic heterocycles. The summed E-state index contributed by atoms with van der Waals surface area (Å²) in [6.07, 6.45) is 1.13. The molecule has 0 atom stereocenters. The van der Waals surface area contributed by atoms with Crippen LogP contribution in [-0.2, 0) is 4.79 Å². The molecule has 0 aliphatic heterocycles. The third kappa shape index (κ3) is 2.99. The lowest BCUT2D eigenvalue weighted by Crippen LogP contribution is -1.94. The van der Waals surface area contributed by atoms with Crippen molar-refractivity contribution in [2.75, 3.05) is 7.11 Å². The van der Waals surface area contributed by atoms with Crippen LogP contribution in [0.2, 0.25) is 0 Å². The lowest BCUT2D eigenvalue weighted by Gasteiger charge is -2.02. The number of methoxy groups -OCH3 is 1. The van der Waals surface area contributed by atoms with Gasteiger partial charge in [-0.2, -0.15) is 0 Å². The monoisotopic (exact) mass is 228 g/mol. The predicted octanol–water partition coefficient (Wildman–Crippen LogP) is 2.19. The van der Waals surface area contributed by atoms with Crippen molar-refractivity contribution in [1.82, 2.24) is 0 Å². The molecule has 1 N–H and O–H groups in total. The first-order valence-corrected chi connectivity index (χ1v) is 4.47. The second kappa shape index (κ2) is 4.84. The fourth-order valence-electron chi connectivity index (χ4n) is 0.968. The minimum absolute atomic E-state index is 0.127. The van der Waals surface area contributed by atoms with Gasteiger partial charge in [-0.3, -0.25) is 0 Å². The van der Waals surface area contributed by atoms with Crippen LogP contribution in [0.3, 0.4) is 0 Å². The van der Waals surface area contributed by atoms with Crippen molar-refractivity contribution in [2.45, 2.75) is 0 Å². The molecule has 0 unspecified atom stereocenters. The first-order chi connectivity index (χ1) is 7.04. The number of aliphatic carboxylic acids is 1. The number of carboxylic acid groups (broad SMARTS) is 1. The first kappa shape index (κ1) is 11.6. The van der Waals surface area contributed by atoms with Gasteiger partial charge < -0.3 is 9.84 Å². The van der Waals surface area contributed by atoms with Crippen LogP contribution < -0.4 is 4.74 Å². The summed E-state index contributed by atoms with van der Waals surface area (Å²) in [5.74, 6) is -1.28. The second-order valence-corrected chi connectivity index (χ2v) is 3.20. The van der Waals surface area contributed by atoms with E-state index in [0.717, 1.165) is 6.08 Å². The summed E-state index contributed by atoms with van der Waals surface area (Å²) in [4.78, 5) is 10.2. The summed E-state index contributed by atoms with van der Waals surface area (Å²) in [5, 5.41) is 8.56. The van der Waals surface area contributed by atoms with Crippen molar-refractivity contribution >= 4 is 24.7 Å². The smallest absolute Gasteiger partial charge is 0.341 e. The molecule has 0 aliphatic rings. The maximum absolute atomic E-state index is 13.2. The number of halogens is 1. The number of carbonyl (C=O) groups is 1. The van der Waals surface area contributed by atoms with Gasteiger partial charge in [0.05, 0.1) is 12.0 Å². The lowest BCUT2D eigenvalue weighted by atomic mass is 10.2. The predicted molar refractivity (Wildman–Crippen MR) is 57.6 cm³/mol. The molecule has 5 heteroatoms.